The summed E-state index contributed by atoms with van der Waals surface area (Å²) in [5.74, 6) is 0.00954. The molecule has 0 radical (unpaired) electrons. The molecule has 160 valence electrons. The normalized spacial score (nSPS) is 14.3. The van der Waals surface area contributed by atoms with Crippen LogP contribution in [0.4, 0.5) is 11.5 Å². The van der Waals surface area contributed by atoms with Crippen LogP contribution in [-0.2, 0) is 0 Å². The highest BCUT2D eigenvalue weighted by Gasteiger charge is 2.30. The average Bonchev–Trinajstić information content (AvgIpc) is 3.40. The van der Waals surface area contributed by atoms with Gasteiger partial charge in [0, 0.05) is 31.6 Å². The SMILES string of the molecule is CC(C)c1c(C#N)c(N)nc2sc(C(=O)N3CCN(C(=O)c4ccco4)CC3)c(N)c12. The van der Waals surface area contributed by atoms with Crippen LogP contribution in [0.5, 0.6) is 0 Å². The number of rotatable bonds is 3. The van der Waals surface area contributed by atoms with E-state index in [1.54, 1.807) is 21.9 Å². The van der Waals surface area contributed by atoms with E-state index >= 15 is 0 Å². The van der Waals surface area contributed by atoms with Crippen molar-refractivity contribution in [3.63, 3.8) is 0 Å². The third kappa shape index (κ3) is 3.47. The molecule has 4 N–H and O–H groups in total. The highest BCUT2D eigenvalue weighted by Crippen LogP contribution is 2.41. The Morgan fingerprint density at radius 3 is 2.39 bits per heavy atom. The first-order valence-electron chi connectivity index (χ1n) is 9.87. The summed E-state index contributed by atoms with van der Waals surface area (Å²) < 4.78 is 5.17. The minimum atomic E-state index is -0.211. The van der Waals surface area contributed by atoms with Gasteiger partial charge < -0.3 is 25.7 Å². The van der Waals surface area contributed by atoms with Gasteiger partial charge in [0.05, 0.1) is 17.5 Å². The zero-order valence-electron chi connectivity index (χ0n) is 17.2. The Kier molecular flexibility index (Phi) is 5.29. The molecule has 0 atom stereocenters. The molecule has 1 aliphatic heterocycles. The zero-order valence-corrected chi connectivity index (χ0v) is 18.0. The molecule has 0 aliphatic carbocycles. The summed E-state index contributed by atoms with van der Waals surface area (Å²) in [6.07, 6.45) is 1.46. The van der Waals surface area contributed by atoms with Gasteiger partial charge in [0.2, 0.25) is 0 Å². The molecule has 9 nitrogen and oxygen atoms in total. The number of pyridine rings is 1. The number of fused-ring (bicyclic) bond motifs is 1. The molecule has 0 aromatic carbocycles. The number of anilines is 2. The number of hydrogen-bond acceptors (Lipinski definition) is 8. The fourth-order valence-electron chi connectivity index (χ4n) is 3.86. The lowest BCUT2D eigenvalue weighted by Gasteiger charge is -2.34. The molecular formula is C21H22N6O3S. The van der Waals surface area contributed by atoms with E-state index in [-0.39, 0.29) is 29.3 Å². The highest BCUT2D eigenvalue weighted by molar-refractivity contribution is 7.21. The number of furan rings is 1. The van der Waals surface area contributed by atoms with Crippen LogP contribution in [0, 0.1) is 11.3 Å². The van der Waals surface area contributed by atoms with Crippen LogP contribution in [0.25, 0.3) is 10.2 Å². The van der Waals surface area contributed by atoms with Gasteiger partial charge in [-0.25, -0.2) is 4.98 Å². The molecule has 0 bridgehead atoms. The van der Waals surface area contributed by atoms with Crippen LogP contribution in [0.3, 0.4) is 0 Å². The van der Waals surface area contributed by atoms with Crippen LogP contribution < -0.4 is 11.5 Å². The molecule has 10 heteroatoms. The largest absolute Gasteiger partial charge is 0.459 e. The molecule has 31 heavy (non-hydrogen) atoms. The molecule has 1 fully saturated rings. The highest BCUT2D eigenvalue weighted by atomic mass is 32.1. The number of nitrogen functional groups attached to an aromatic ring is 2. The number of thiophene rings is 1. The van der Waals surface area contributed by atoms with Crippen molar-refractivity contribution in [2.24, 2.45) is 0 Å². The van der Waals surface area contributed by atoms with E-state index in [4.69, 9.17) is 15.9 Å². The van der Waals surface area contributed by atoms with E-state index in [0.717, 1.165) is 0 Å². The molecule has 4 heterocycles. The first-order chi connectivity index (χ1) is 14.8. The summed E-state index contributed by atoms with van der Waals surface area (Å²) in [4.78, 5) is 34.3. The molecule has 0 unspecified atom stereocenters. The quantitative estimate of drug-likeness (QED) is 0.640. The number of carbonyl (C=O) groups is 2. The lowest BCUT2D eigenvalue weighted by atomic mass is 9.95. The number of nitrogens with two attached hydrogens (primary N) is 2. The number of amides is 2. The second-order valence-electron chi connectivity index (χ2n) is 7.64. The second kappa shape index (κ2) is 7.92. The van der Waals surface area contributed by atoms with Crippen molar-refractivity contribution >= 4 is 44.9 Å². The van der Waals surface area contributed by atoms with Gasteiger partial charge in [-0.2, -0.15) is 5.26 Å². The van der Waals surface area contributed by atoms with Gasteiger partial charge in [-0.1, -0.05) is 13.8 Å². The molecule has 2 amide bonds. The monoisotopic (exact) mass is 438 g/mol. The van der Waals surface area contributed by atoms with Crippen molar-refractivity contribution in [1.29, 1.82) is 5.26 Å². The third-order valence-electron chi connectivity index (χ3n) is 5.41. The first-order valence-corrected chi connectivity index (χ1v) is 10.7. The molecule has 0 spiro atoms. The van der Waals surface area contributed by atoms with Crippen molar-refractivity contribution < 1.29 is 14.0 Å². The lowest BCUT2D eigenvalue weighted by molar-refractivity contribution is 0.0521. The molecule has 1 saturated heterocycles. The zero-order chi connectivity index (χ0) is 22.3. The second-order valence-corrected chi connectivity index (χ2v) is 8.64. The summed E-state index contributed by atoms with van der Waals surface area (Å²) in [5.41, 5.74) is 13.7. The summed E-state index contributed by atoms with van der Waals surface area (Å²) in [5, 5.41) is 10.2. The maximum absolute atomic E-state index is 13.2. The van der Waals surface area contributed by atoms with Crippen LogP contribution in [0.2, 0.25) is 0 Å². The van der Waals surface area contributed by atoms with Gasteiger partial charge in [-0.15, -0.1) is 11.3 Å². The Balaban J connectivity index is 1.61. The summed E-state index contributed by atoms with van der Waals surface area (Å²) in [6.45, 7) is 5.46. The Labute approximate surface area is 182 Å². The van der Waals surface area contributed by atoms with Gasteiger partial charge in [-0.05, 0) is 23.6 Å². The minimum absolute atomic E-state index is 0.0153. The topological polar surface area (TPSA) is 142 Å². The van der Waals surface area contributed by atoms with E-state index in [1.807, 2.05) is 13.8 Å². The Hall–Kier alpha value is -3.58. The Bertz CT molecular complexity index is 1200. The van der Waals surface area contributed by atoms with Crippen molar-refractivity contribution in [3.8, 4) is 6.07 Å². The van der Waals surface area contributed by atoms with Crippen molar-refractivity contribution in [3.05, 3.63) is 40.2 Å². The predicted octanol–water partition coefficient (Wildman–Crippen LogP) is 2.65. The number of aromatic nitrogens is 1. The van der Waals surface area contributed by atoms with Crippen LogP contribution in [0.15, 0.2) is 22.8 Å². The summed E-state index contributed by atoms with van der Waals surface area (Å²) in [6, 6.07) is 5.41. The molecule has 3 aromatic heterocycles. The molecular weight excluding hydrogens is 416 g/mol. The Morgan fingerprint density at radius 1 is 1.19 bits per heavy atom. The van der Waals surface area contributed by atoms with Gasteiger partial charge in [0.15, 0.2) is 5.76 Å². The third-order valence-corrected chi connectivity index (χ3v) is 6.50. The molecule has 4 rings (SSSR count). The van der Waals surface area contributed by atoms with E-state index in [9.17, 15) is 14.9 Å². The average molecular weight is 439 g/mol. The maximum Gasteiger partial charge on any atom is 0.289 e. The molecule has 1 aliphatic rings. The predicted molar refractivity (Wildman–Crippen MR) is 118 cm³/mol. The van der Waals surface area contributed by atoms with Crippen molar-refractivity contribution in [2.45, 2.75) is 19.8 Å². The summed E-state index contributed by atoms with van der Waals surface area (Å²) >= 11 is 1.18. The number of piperazine rings is 1. The van der Waals surface area contributed by atoms with E-state index in [0.29, 0.717) is 58.1 Å². The molecule has 3 aromatic rings. The van der Waals surface area contributed by atoms with Crippen LogP contribution in [0.1, 0.15) is 51.1 Å². The maximum atomic E-state index is 13.2. The lowest BCUT2D eigenvalue weighted by Crippen LogP contribution is -2.50. The Morgan fingerprint density at radius 2 is 1.84 bits per heavy atom. The van der Waals surface area contributed by atoms with E-state index < -0.39 is 0 Å². The van der Waals surface area contributed by atoms with E-state index in [2.05, 4.69) is 11.1 Å². The van der Waals surface area contributed by atoms with Gasteiger partial charge in [0.25, 0.3) is 11.8 Å². The van der Waals surface area contributed by atoms with Crippen molar-refractivity contribution in [1.82, 2.24) is 14.8 Å². The van der Waals surface area contributed by atoms with E-state index in [1.165, 1.54) is 17.6 Å². The van der Waals surface area contributed by atoms with Crippen LogP contribution in [-0.4, -0.2) is 52.8 Å². The number of carbonyl (C=O) groups excluding carboxylic acids is 2. The van der Waals surface area contributed by atoms with Gasteiger partial charge in [-0.3, -0.25) is 9.59 Å². The van der Waals surface area contributed by atoms with Gasteiger partial charge >= 0.3 is 0 Å². The number of nitrogens with zero attached hydrogens (tertiary/aromatic N) is 4. The standard InChI is InChI=1S/C21H22N6O3S/c1-11(2)14-12(10-22)18(24)25-19-15(14)16(23)17(31-19)21(29)27-7-5-26(6-8-27)20(28)13-4-3-9-30-13/h3-4,9,11H,5-8,23H2,1-2H3,(H2,24,25). The van der Waals surface area contributed by atoms with Gasteiger partial charge in [0.1, 0.15) is 21.6 Å². The first kappa shape index (κ1) is 20.7. The molecule has 0 saturated carbocycles. The smallest absolute Gasteiger partial charge is 0.289 e. The fraction of sp³-hybridized carbons (Fsp3) is 0.333. The number of hydrogen-bond donors (Lipinski definition) is 2. The van der Waals surface area contributed by atoms with Crippen molar-refractivity contribution in [2.75, 3.05) is 37.6 Å². The summed E-state index contributed by atoms with van der Waals surface area (Å²) in [7, 11) is 0. The number of nitriles is 1. The minimum Gasteiger partial charge on any atom is -0.459 e. The van der Waals surface area contributed by atoms with Crippen LogP contribution >= 0.6 is 11.3 Å². The fourth-order valence-corrected chi connectivity index (χ4v) is 4.95.